The summed E-state index contributed by atoms with van der Waals surface area (Å²) in [5.41, 5.74) is 0. The first kappa shape index (κ1) is 13.8. The molecule has 2 aliphatic heterocycles. The van der Waals surface area contributed by atoms with Gasteiger partial charge in [0.05, 0.1) is 0 Å². The first-order valence-electron chi connectivity index (χ1n) is 6.50. The molecule has 3 unspecified atom stereocenters. The molecule has 0 saturated carbocycles. The Morgan fingerprint density at radius 3 is 2.22 bits per heavy atom. The van der Waals surface area contributed by atoms with Crippen molar-refractivity contribution in [2.24, 2.45) is 0 Å². The summed E-state index contributed by atoms with van der Waals surface area (Å²) in [5, 5.41) is 2.58. The van der Waals surface area contributed by atoms with E-state index in [0.29, 0.717) is 12.1 Å². The van der Waals surface area contributed by atoms with Crippen LogP contribution in [0.2, 0.25) is 0 Å². The molecule has 2 rings (SSSR count). The van der Waals surface area contributed by atoms with Crippen molar-refractivity contribution < 1.29 is 13.2 Å². The third-order valence-electron chi connectivity index (χ3n) is 4.33. The van der Waals surface area contributed by atoms with Gasteiger partial charge in [-0.2, -0.15) is 0 Å². The second-order valence-electron chi connectivity index (χ2n) is 5.68. The van der Waals surface area contributed by atoms with Gasteiger partial charge < -0.3 is 10.2 Å². The first-order chi connectivity index (χ1) is 8.29. The summed E-state index contributed by atoms with van der Waals surface area (Å²) in [5.74, 6) is -0.274. The van der Waals surface area contributed by atoms with Crippen molar-refractivity contribution >= 4 is 15.7 Å². The van der Waals surface area contributed by atoms with Crippen LogP contribution in [0.4, 0.5) is 0 Å². The molecule has 2 heterocycles. The molecule has 2 saturated heterocycles. The maximum Gasteiger partial charge on any atom is 0.240 e. The summed E-state index contributed by atoms with van der Waals surface area (Å²) in [7, 11) is -1.57. The highest BCUT2D eigenvalue weighted by molar-refractivity contribution is 7.92. The third-order valence-corrected chi connectivity index (χ3v) is 5.82. The fraction of sp³-hybridized carbons (Fsp3) is 0.917. The van der Waals surface area contributed by atoms with E-state index in [2.05, 4.69) is 5.32 Å². The highest BCUT2D eigenvalue weighted by Gasteiger charge is 2.38. The third kappa shape index (κ3) is 2.69. The van der Waals surface area contributed by atoms with Crippen LogP contribution in [-0.2, 0) is 14.6 Å². The van der Waals surface area contributed by atoms with Crippen molar-refractivity contribution in [3.05, 3.63) is 0 Å². The fourth-order valence-electron chi connectivity index (χ4n) is 2.99. The number of sulfone groups is 1. The Labute approximate surface area is 109 Å². The van der Waals surface area contributed by atoms with Gasteiger partial charge in [-0.1, -0.05) is 0 Å². The Morgan fingerprint density at radius 2 is 1.78 bits per heavy atom. The van der Waals surface area contributed by atoms with Crippen molar-refractivity contribution in [3.8, 4) is 0 Å². The van der Waals surface area contributed by atoms with E-state index >= 15 is 0 Å². The van der Waals surface area contributed by atoms with Crippen LogP contribution in [0.5, 0.6) is 0 Å². The number of nitrogens with zero attached hydrogens (tertiary/aromatic N) is 1. The summed E-state index contributed by atoms with van der Waals surface area (Å²) in [6.07, 6.45) is 5.34. The van der Waals surface area contributed by atoms with Gasteiger partial charge in [0.2, 0.25) is 5.91 Å². The van der Waals surface area contributed by atoms with Crippen molar-refractivity contribution in [1.29, 1.82) is 0 Å². The first-order valence-corrected chi connectivity index (χ1v) is 8.46. The average Bonchev–Trinajstić information content (AvgIpc) is 2.64. The summed E-state index contributed by atoms with van der Waals surface area (Å²) in [4.78, 5) is 13.8. The molecule has 0 aromatic heterocycles. The SMILES string of the molecule is CC(C(=O)N(C)C1CC2CCC(C1)N2)S(C)(=O)=O. The Balaban J connectivity index is 2.03. The number of carbonyl (C=O) groups excluding carboxylic acids is 1. The molecule has 1 amide bonds. The van der Waals surface area contributed by atoms with Gasteiger partial charge in [0.25, 0.3) is 0 Å². The summed E-state index contributed by atoms with van der Waals surface area (Å²) >= 11 is 0. The summed E-state index contributed by atoms with van der Waals surface area (Å²) < 4.78 is 22.9. The van der Waals surface area contributed by atoms with Gasteiger partial charge in [-0.25, -0.2) is 8.42 Å². The number of amides is 1. The zero-order chi connectivity index (χ0) is 13.5. The van der Waals surface area contributed by atoms with Crippen molar-refractivity contribution in [2.45, 2.75) is 56.0 Å². The Kier molecular flexibility index (Phi) is 3.69. The van der Waals surface area contributed by atoms with E-state index in [1.807, 2.05) is 0 Å². The van der Waals surface area contributed by atoms with Crippen LogP contribution in [-0.4, -0.2) is 55.9 Å². The number of hydrogen-bond acceptors (Lipinski definition) is 4. The molecular weight excluding hydrogens is 252 g/mol. The lowest BCUT2D eigenvalue weighted by molar-refractivity contribution is -0.131. The van der Waals surface area contributed by atoms with E-state index in [4.69, 9.17) is 0 Å². The minimum atomic E-state index is -3.30. The smallest absolute Gasteiger partial charge is 0.240 e. The Morgan fingerprint density at radius 1 is 1.28 bits per heavy atom. The van der Waals surface area contributed by atoms with Crippen molar-refractivity contribution in [1.82, 2.24) is 10.2 Å². The number of hydrogen-bond donors (Lipinski definition) is 1. The van der Waals surface area contributed by atoms with Gasteiger partial charge >= 0.3 is 0 Å². The van der Waals surface area contributed by atoms with Crippen LogP contribution in [0.3, 0.4) is 0 Å². The van der Waals surface area contributed by atoms with Crippen molar-refractivity contribution in [2.75, 3.05) is 13.3 Å². The molecule has 0 aromatic carbocycles. The lowest BCUT2D eigenvalue weighted by Crippen LogP contribution is -2.51. The lowest BCUT2D eigenvalue weighted by atomic mass is 9.98. The molecule has 6 heteroatoms. The molecule has 1 N–H and O–H groups in total. The van der Waals surface area contributed by atoms with Gasteiger partial charge in [0.1, 0.15) is 5.25 Å². The van der Waals surface area contributed by atoms with Gasteiger partial charge in [0, 0.05) is 31.4 Å². The quantitative estimate of drug-likeness (QED) is 0.796. The molecule has 0 aromatic rings. The molecule has 18 heavy (non-hydrogen) atoms. The van der Waals surface area contributed by atoms with E-state index in [9.17, 15) is 13.2 Å². The monoisotopic (exact) mass is 274 g/mol. The number of piperidine rings is 1. The second kappa shape index (κ2) is 4.81. The van der Waals surface area contributed by atoms with E-state index in [0.717, 1.165) is 19.1 Å². The largest absolute Gasteiger partial charge is 0.342 e. The van der Waals surface area contributed by atoms with Gasteiger partial charge in [-0.05, 0) is 32.6 Å². The minimum Gasteiger partial charge on any atom is -0.342 e. The van der Waals surface area contributed by atoms with E-state index in [1.165, 1.54) is 19.8 Å². The van der Waals surface area contributed by atoms with Crippen LogP contribution in [0, 0.1) is 0 Å². The van der Waals surface area contributed by atoms with Crippen LogP contribution in [0.25, 0.3) is 0 Å². The summed E-state index contributed by atoms with van der Waals surface area (Å²) in [6, 6.07) is 1.18. The number of fused-ring (bicyclic) bond motifs is 2. The van der Waals surface area contributed by atoms with Crippen LogP contribution in [0.15, 0.2) is 0 Å². The molecule has 0 radical (unpaired) electrons. The molecule has 104 valence electrons. The molecule has 3 atom stereocenters. The number of carbonyl (C=O) groups is 1. The summed E-state index contributed by atoms with van der Waals surface area (Å²) in [6.45, 7) is 1.48. The zero-order valence-corrected chi connectivity index (χ0v) is 12.0. The number of nitrogens with one attached hydrogen (secondary N) is 1. The fourth-order valence-corrected chi connectivity index (χ4v) is 3.53. The maximum absolute atomic E-state index is 12.1. The Hall–Kier alpha value is -0.620. The van der Waals surface area contributed by atoms with E-state index in [-0.39, 0.29) is 11.9 Å². The topological polar surface area (TPSA) is 66.5 Å². The Bertz CT molecular complexity index is 423. The van der Waals surface area contributed by atoms with Crippen LogP contribution >= 0.6 is 0 Å². The highest BCUT2D eigenvalue weighted by Crippen LogP contribution is 2.29. The predicted octanol–water partition coefficient (Wildman–Crippen LogP) is 0.161. The predicted molar refractivity (Wildman–Crippen MR) is 70.0 cm³/mol. The maximum atomic E-state index is 12.1. The molecular formula is C12H22N2O3S. The van der Waals surface area contributed by atoms with Gasteiger partial charge in [-0.15, -0.1) is 0 Å². The van der Waals surface area contributed by atoms with Crippen LogP contribution < -0.4 is 5.32 Å². The zero-order valence-electron chi connectivity index (χ0n) is 11.2. The standard InChI is InChI=1S/C12H22N2O3S/c1-8(18(3,16)17)12(15)14(2)11-6-9-4-5-10(7-11)13-9/h8-11,13H,4-7H2,1-3H3. The van der Waals surface area contributed by atoms with Crippen molar-refractivity contribution in [3.63, 3.8) is 0 Å². The van der Waals surface area contributed by atoms with Crippen LogP contribution in [0.1, 0.15) is 32.6 Å². The average molecular weight is 274 g/mol. The van der Waals surface area contributed by atoms with E-state index in [1.54, 1.807) is 11.9 Å². The van der Waals surface area contributed by atoms with Gasteiger partial charge in [0.15, 0.2) is 9.84 Å². The minimum absolute atomic E-state index is 0.181. The molecule has 2 fully saturated rings. The normalized spacial score (nSPS) is 33.2. The van der Waals surface area contributed by atoms with E-state index < -0.39 is 15.1 Å². The second-order valence-corrected chi connectivity index (χ2v) is 8.05. The molecule has 2 aliphatic rings. The lowest BCUT2D eigenvalue weighted by Gasteiger charge is -2.36. The molecule has 0 aliphatic carbocycles. The highest BCUT2D eigenvalue weighted by atomic mass is 32.2. The number of rotatable bonds is 3. The van der Waals surface area contributed by atoms with Gasteiger partial charge in [-0.3, -0.25) is 4.79 Å². The molecule has 0 spiro atoms. The molecule has 2 bridgehead atoms. The molecule has 5 nitrogen and oxygen atoms in total.